The Balaban J connectivity index is 2.10. The molecular weight excluding hydrogens is 275 g/mol. The maximum absolute atomic E-state index is 10.8. The average Bonchev–Trinajstić information content (AvgIpc) is 2.31. The zero-order valence-corrected chi connectivity index (χ0v) is 10.4. The number of morpholine rings is 1. The molecule has 1 aromatic carbocycles. The fraction of sp³-hybridized carbons (Fsp3) is 0.400. The number of hydrogen-bond donors (Lipinski definition) is 0. The zero-order valence-electron chi connectivity index (χ0n) is 8.67. The van der Waals surface area contributed by atoms with E-state index >= 15 is 0 Å². The fourth-order valence-electron chi connectivity index (χ4n) is 1.46. The summed E-state index contributed by atoms with van der Waals surface area (Å²) in [6, 6.07) is 6.96. The Labute approximate surface area is 99.9 Å². The normalized spacial score (nSPS) is 17.2. The molecule has 2 rings (SSSR count). The van der Waals surface area contributed by atoms with Crippen molar-refractivity contribution in [2.75, 3.05) is 26.3 Å². The number of hydrogen-bond acceptors (Lipinski definition) is 4. The van der Waals surface area contributed by atoms with E-state index in [2.05, 4.69) is 3.92 Å². The molecule has 0 amide bonds. The Morgan fingerprint density at radius 2 is 2.00 bits per heavy atom. The third-order valence-electron chi connectivity index (χ3n) is 2.26. The second-order valence-electron chi connectivity index (χ2n) is 3.36. The van der Waals surface area contributed by atoms with Crippen molar-refractivity contribution in [3.8, 4) is 0 Å². The van der Waals surface area contributed by atoms with E-state index in [0.717, 1.165) is 30.8 Å². The first-order valence-electron chi connectivity index (χ1n) is 5.01. The summed E-state index contributed by atoms with van der Waals surface area (Å²) in [6.45, 7) is 3.18. The topological polar surface area (TPSA) is 55.6 Å². The number of rotatable bonds is 3. The van der Waals surface area contributed by atoms with E-state index in [1.165, 1.54) is 0 Å². The molecule has 0 aromatic heterocycles. The predicted molar refractivity (Wildman–Crippen MR) is 60.9 cm³/mol. The third-order valence-corrected chi connectivity index (χ3v) is 4.70. The Morgan fingerprint density at radius 1 is 1.31 bits per heavy atom. The summed E-state index contributed by atoms with van der Waals surface area (Å²) in [5.74, 6) is 0. The summed E-state index contributed by atoms with van der Waals surface area (Å²) < 4.78 is 8.32. The van der Waals surface area contributed by atoms with Gasteiger partial charge in [-0.3, -0.25) is 0 Å². The van der Waals surface area contributed by atoms with Gasteiger partial charge in [0.15, 0.2) is 0 Å². The molecule has 0 unspecified atom stereocenters. The van der Waals surface area contributed by atoms with Crippen LogP contribution in [0.25, 0.3) is 0 Å². The Hall–Kier alpha value is -0.941. The van der Waals surface area contributed by atoms with Crippen molar-refractivity contribution in [1.82, 2.24) is 3.92 Å². The van der Waals surface area contributed by atoms with Crippen LogP contribution in [0.5, 0.6) is 0 Å². The van der Waals surface area contributed by atoms with Gasteiger partial charge in [-0.1, -0.05) is 0 Å². The molecule has 86 valence electrons. The van der Waals surface area contributed by atoms with E-state index < -0.39 is 0 Å². The van der Waals surface area contributed by atoms with Crippen molar-refractivity contribution in [2.45, 2.75) is 0 Å². The van der Waals surface area contributed by atoms with Crippen molar-refractivity contribution in [1.29, 1.82) is 0 Å². The summed E-state index contributed by atoms with van der Waals surface area (Å²) in [7, 11) is 0. The summed E-state index contributed by atoms with van der Waals surface area (Å²) >= 11 is 0.0213. The standard InChI is InChI=1S/C10H12N2O3Se/c13-12(14)9-3-1-2-4-10(9)16-11-5-7-15-8-6-11/h1-4H,5-8H2. The van der Waals surface area contributed by atoms with Crippen molar-refractivity contribution < 1.29 is 9.66 Å². The van der Waals surface area contributed by atoms with Gasteiger partial charge in [0.05, 0.1) is 0 Å². The van der Waals surface area contributed by atoms with Crippen LogP contribution in [0.1, 0.15) is 0 Å². The average molecular weight is 287 g/mol. The van der Waals surface area contributed by atoms with E-state index in [0.29, 0.717) is 0 Å². The molecule has 16 heavy (non-hydrogen) atoms. The van der Waals surface area contributed by atoms with Crippen LogP contribution >= 0.6 is 0 Å². The molecule has 0 saturated carbocycles. The summed E-state index contributed by atoms with van der Waals surface area (Å²) in [5.41, 5.74) is 0.231. The molecule has 0 spiro atoms. The van der Waals surface area contributed by atoms with Crippen molar-refractivity contribution in [2.24, 2.45) is 0 Å². The molecule has 5 nitrogen and oxygen atoms in total. The summed E-state index contributed by atoms with van der Waals surface area (Å²) in [5, 5.41) is 10.8. The number of nitro groups is 1. The molecule has 1 aliphatic heterocycles. The first-order chi connectivity index (χ1) is 7.77. The van der Waals surface area contributed by atoms with E-state index in [1.807, 2.05) is 12.1 Å². The zero-order chi connectivity index (χ0) is 11.4. The van der Waals surface area contributed by atoms with E-state index in [-0.39, 0.29) is 25.8 Å². The van der Waals surface area contributed by atoms with Gasteiger partial charge in [-0.15, -0.1) is 0 Å². The SMILES string of the molecule is O=[N+]([O-])c1ccccc1[Se]N1CCOCC1. The molecule has 1 saturated heterocycles. The van der Waals surface area contributed by atoms with Crippen LogP contribution in [-0.4, -0.2) is 50.3 Å². The van der Waals surface area contributed by atoms with Crippen molar-refractivity contribution in [3.05, 3.63) is 34.4 Å². The number of para-hydroxylation sites is 1. The molecule has 1 heterocycles. The van der Waals surface area contributed by atoms with E-state index in [4.69, 9.17) is 4.74 Å². The number of benzene rings is 1. The van der Waals surface area contributed by atoms with Gasteiger partial charge in [0.1, 0.15) is 0 Å². The monoisotopic (exact) mass is 288 g/mol. The second kappa shape index (κ2) is 5.41. The molecule has 0 atom stereocenters. The maximum atomic E-state index is 10.8. The van der Waals surface area contributed by atoms with Gasteiger partial charge < -0.3 is 0 Å². The number of nitrogens with zero attached hydrogens (tertiary/aromatic N) is 2. The Bertz CT molecular complexity index is 380. The van der Waals surface area contributed by atoms with Crippen LogP contribution in [0.3, 0.4) is 0 Å². The fourth-order valence-corrected chi connectivity index (χ4v) is 3.53. The van der Waals surface area contributed by atoms with Gasteiger partial charge in [0, 0.05) is 0 Å². The molecule has 1 aromatic rings. The van der Waals surface area contributed by atoms with Crippen LogP contribution in [0, 0.1) is 10.1 Å². The van der Waals surface area contributed by atoms with Gasteiger partial charge in [-0.05, 0) is 0 Å². The molecule has 0 aliphatic carbocycles. The molecular formula is C10H12N2O3Se. The van der Waals surface area contributed by atoms with Crippen LogP contribution in [0.4, 0.5) is 5.69 Å². The quantitative estimate of drug-likeness (QED) is 0.452. The van der Waals surface area contributed by atoms with E-state index in [9.17, 15) is 10.1 Å². The summed E-state index contributed by atoms with van der Waals surface area (Å²) in [4.78, 5) is 10.5. The molecule has 6 heteroatoms. The van der Waals surface area contributed by atoms with Crippen LogP contribution in [-0.2, 0) is 4.74 Å². The van der Waals surface area contributed by atoms with Crippen molar-refractivity contribution in [3.63, 3.8) is 0 Å². The van der Waals surface area contributed by atoms with Gasteiger partial charge in [0.25, 0.3) is 0 Å². The van der Waals surface area contributed by atoms with Gasteiger partial charge in [-0.2, -0.15) is 0 Å². The minimum atomic E-state index is -0.308. The second-order valence-corrected chi connectivity index (χ2v) is 5.75. The van der Waals surface area contributed by atoms with Gasteiger partial charge in [-0.25, -0.2) is 0 Å². The number of ether oxygens (including phenoxy) is 1. The van der Waals surface area contributed by atoms with Crippen molar-refractivity contribution >= 4 is 25.3 Å². The molecule has 1 aliphatic rings. The molecule has 1 fully saturated rings. The van der Waals surface area contributed by atoms with Gasteiger partial charge in [0.2, 0.25) is 0 Å². The Morgan fingerprint density at radius 3 is 2.69 bits per heavy atom. The minimum absolute atomic E-state index is 0.0213. The number of nitro benzene ring substituents is 1. The van der Waals surface area contributed by atoms with Crippen LogP contribution in [0.15, 0.2) is 24.3 Å². The Kier molecular flexibility index (Phi) is 3.90. The van der Waals surface area contributed by atoms with Gasteiger partial charge >= 0.3 is 99.6 Å². The molecule has 0 bridgehead atoms. The van der Waals surface area contributed by atoms with Crippen LogP contribution < -0.4 is 4.46 Å². The van der Waals surface area contributed by atoms with E-state index in [1.54, 1.807) is 12.1 Å². The summed E-state index contributed by atoms with van der Waals surface area (Å²) in [6.07, 6.45) is 0. The predicted octanol–water partition coefficient (Wildman–Crippen LogP) is 0.171. The molecule has 0 radical (unpaired) electrons. The van der Waals surface area contributed by atoms with Crippen LogP contribution in [0.2, 0.25) is 0 Å². The molecule has 0 N–H and O–H groups in total. The first kappa shape index (κ1) is 11.5. The first-order valence-corrected chi connectivity index (χ1v) is 6.64. The third kappa shape index (κ3) is 2.80.